The minimum absolute atomic E-state index is 0.0800. The van der Waals surface area contributed by atoms with Crippen LogP contribution >= 0.6 is 11.3 Å². The van der Waals surface area contributed by atoms with Gasteiger partial charge in [-0.1, -0.05) is 18.2 Å². The van der Waals surface area contributed by atoms with E-state index in [1.807, 2.05) is 37.3 Å². The van der Waals surface area contributed by atoms with Crippen molar-refractivity contribution in [2.45, 2.75) is 11.8 Å². The van der Waals surface area contributed by atoms with Gasteiger partial charge in [0.05, 0.1) is 29.7 Å². The fraction of sp³-hybridized carbons (Fsp3) is 0.160. The summed E-state index contributed by atoms with van der Waals surface area (Å²) in [6.45, 7) is 1.93. The summed E-state index contributed by atoms with van der Waals surface area (Å²) in [7, 11) is 0.584. The van der Waals surface area contributed by atoms with Crippen molar-refractivity contribution in [2.75, 3.05) is 30.9 Å². The van der Waals surface area contributed by atoms with Gasteiger partial charge in [-0.05, 0) is 60.3 Å². The highest BCUT2D eigenvalue weighted by Gasteiger charge is 2.24. The molecule has 0 atom stereocenters. The third kappa shape index (κ3) is 4.44. The molecule has 1 aromatic heterocycles. The summed E-state index contributed by atoms with van der Waals surface area (Å²) in [5, 5.41) is 3.72. The van der Waals surface area contributed by atoms with Crippen molar-refractivity contribution in [3.63, 3.8) is 0 Å². The van der Waals surface area contributed by atoms with Crippen LogP contribution in [0.4, 0.5) is 11.4 Å². The number of hydrogen-bond donors (Lipinski definition) is 1. The Kier molecular flexibility index (Phi) is 6.49. The number of thiophene rings is 1. The molecule has 0 aliphatic heterocycles. The maximum absolute atomic E-state index is 13.3. The quantitative estimate of drug-likeness (QED) is 0.375. The Morgan fingerprint density at radius 2 is 1.68 bits per heavy atom. The van der Waals surface area contributed by atoms with E-state index in [1.54, 1.807) is 24.3 Å². The second-order valence-corrected chi connectivity index (χ2v) is 10.6. The molecule has 3 aromatic carbocycles. The molecule has 0 unspecified atom stereocenters. The van der Waals surface area contributed by atoms with Crippen molar-refractivity contribution in [3.05, 3.63) is 77.2 Å². The summed E-state index contributed by atoms with van der Waals surface area (Å²) in [5.41, 5.74) is 2.21. The van der Waals surface area contributed by atoms with Crippen LogP contribution in [0.5, 0.6) is 11.5 Å². The topological polar surface area (TPSA) is 84.9 Å². The molecule has 176 valence electrons. The lowest BCUT2D eigenvalue weighted by molar-refractivity contribution is 0.103. The lowest BCUT2D eigenvalue weighted by Crippen LogP contribution is -2.26. The van der Waals surface area contributed by atoms with Crippen molar-refractivity contribution in [2.24, 2.45) is 0 Å². The Morgan fingerprint density at radius 1 is 0.941 bits per heavy atom. The number of anilines is 2. The molecule has 0 aliphatic carbocycles. The molecule has 1 N–H and O–H groups in total. The highest BCUT2D eigenvalue weighted by atomic mass is 32.2. The first-order valence-electron chi connectivity index (χ1n) is 10.4. The van der Waals surface area contributed by atoms with Crippen LogP contribution in [0.2, 0.25) is 0 Å². The predicted molar refractivity (Wildman–Crippen MR) is 136 cm³/mol. The minimum Gasteiger partial charge on any atom is -0.493 e. The lowest BCUT2D eigenvalue weighted by atomic mass is 10.2. The Hall–Kier alpha value is -3.56. The first-order valence-corrected chi connectivity index (χ1v) is 12.6. The highest BCUT2D eigenvalue weighted by Crippen LogP contribution is 2.34. The molecule has 4 rings (SSSR count). The van der Waals surface area contributed by atoms with Crippen molar-refractivity contribution in [1.29, 1.82) is 0 Å². The maximum Gasteiger partial charge on any atom is 0.265 e. The number of nitrogens with one attached hydrogen (secondary N) is 1. The second-order valence-electron chi connectivity index (χ2n) is 7.59. The molecule has 1 heterocycles. The standard InChI is InChI=1S/C25H24N2O5S2/c1-16-7-5-6-8-20(16)26-25(28)24-14-17-13-18(9-12-23(17)33-24)27(2)34(29,30)19-10-11-21(31-3)22(15-19)32-4/h5-15H,1-4H3,(H,26,28). The minimum atomic E-state index is -3.85. The fourth-order valence-corrected chi connectivity index (χ4v) is 5.65. The average Bonchev–Trinajstić information content (AvgIpc) is 3.28. The predicted octanol–water partition coefficient (Wildman–Crippen LogP) is 5.30. The number of aryl methyl sites for hydroxylation is 1. The molecule has 9 heteroatoms. The Morgan fingerprint density at radius 3 is 2.38 bits per heavy atom. The van der Waals surface area contributed by atoms with E-state index in [4.69, 9.17) is 9.47 Å². The SMILES string of the molecule is COc1ccc(S(=O)(=O)N(C)c2ccc3sc(C(=O)Nc4ccccc4C)cc3c2)cc1OC. The van der Waals surface area contributed by atoms with Crippen molar-refractivity contribution >= 4 is 48.7 Å². The van der Waals surface area contributed by atoms with E-state index in [0.29, 0.717) is 22.1 Å². The summed E-state index contributed by atoms with van der Waals surface area (Å²) in [6, 6.07) is 19.1. The van der Waals surface area contributed by atoms with Crippen LogP contribution in [-0.2, 0) is 10.0 Å². The Bertz CT molecular complexity index is 1480. The van der Waals surface area contributed by atoms with Gasteiger partial charge in [-0.15, -0.1) is 11.3 Å². The van der Waals surface area contributed by atoms with Gasteiger partial charge >= 0.3 is 0 Å². The summed E-state index contributed by atoms with van der Waals surface area (Å²) in [6.07, 6.45) is 0. The largest absolute Gasteiger partial charge is 0.493 e. The molecule has 7 nitrogen and oxygen atoms in total. The average molecular weight is 497 g/mol. The van der Waals surface area contributed by atoms with Gasteiger partial charge in [-0.25, -0.2) is 8.42 Å². The number of methoxy groups -OCH3 is 2. The molecule has 0 saturated carbocycles. The van der Waals surface area contributed by atoms with Crippen LogP contribution < -0.4 is 19.1 Å². The van der Waals surface area contributed by atoms with E-state index in [-0.39, 0.29) is 10.8 Å². The van der Waals surface area contributed by atoms with Crippen LogP contribution in [0.1, 0.15) is 15.2 Å². The molecule has 0 fully saturated rings. The number of carbonyl (C=O) groups excluding carboxylic acids is 1. The van der Waals surface area contributed by atoms with Crippen LogP contribution in [0.25, 0.3) is 10.1 Å². The van der Waals surface area contributed by atoms with E-state index >= 15 is 0 Å². The van der Waals surface area contributed by atoms with E-state index in [9.17, 15) is 13.2 Å². The molecule has 0 radical (unpaired) electrons. The van der Waals surface area contributed by atoms with E-state index in [2.05, 4.69) is 5.32 Å². The molecule has 0 saturated heterocycles. The summed E-state index contributed by atoms with van der Waals surface area (Å²) in [5.74, 6) is 0.568. The molecular weight excluding hydrogens is 472 g/mol. The molecule has 34 heavy (non-hydrogen) atoms. The van der Waals surface area contributed by atoms with Gasteiger partial charge in [0.2, 0.25) is 0 Å². The summed E-state index contributed by atoms with van der Waals surface area (Å²) < 4.78 is 39.0. The number of ether oxygens (including phenoxy) is 2. The highest BCUT2D eigenvalue weighted by molar-refractivity contribution is 7.92. The van der Waals surface area contributed by atoms with Crippen LogP contribution in [0.3, 0.4) is 0 Å². The molecular formula is C25H24N2O5S2. The lowest BCUT2D eigenvalue weighted by Gasteiger charge is -2.20. The number of para-hydroxylation sites is 1. The molecule has 0 spiro atoms. The first-order chi connectivity index (χ1) is 16.2. The third-order valence-electron chi connectivity index (χ3n) is 5.49. The van der Waals surface area contributed by atoms with Crippen LogP contribution in [0, 0.1) is 6.92 Å². The van der Waals surface area contributed by atoms with Gasteiger partial charge in [0.1, 0.15) is 0 Å². The Balaban J connectivity index is 1.62. The summed E-state index contributed by atoms with van der Waals surface area (Å²) >= 11 is 1.35. The second kappa shape index (κ2) is 9.36. The number of sulfonamides is 1. The van der Waals surface area contributed by atoms with Crippen molar-refractivity contribution in [1.82, 2.24) is 0 Å². The number of hydrogen-bond acceptors (Lipinski definition) is 6. The number of benzene rings is 3. The van der Waals surface area contributed by atoms with Gasteiger partial charge in [-0.3, -0.25) is 9.10 Å². The van der Waals surface area contributed by atoms with Gasteiger partial charge in [-0.2, -0.15) is 0 Å². The van der Waals surface area contributed by atoms with Gasteiger partial charge < -0.3 is 14.8 Å². The third-order valence-corrected chi connectivity index (χ3v) is 8.39. The van der Waals surface area contributed by atoms with Gasteiger partial charge in [0, 0.05) is 23.5 Å². The molecule has 4 aromatic rings. The molecule has 0 aliphatic rings. The number of fused-ring (bicyclic) bond motifs is 1. The number of nitrogens with zero attached hydrogens (tertiary/aromatic N) is 1. The fourth-order valence-electron chi connectivity index (χ4n) is 3.51. The normalized spacial score (nSPS) is 11.3. The van der Waals surface area contributed by atoms with Gasteiger partial charge in [0.25, 0.3) is 15.9 Å². The zero-order valence-electron chi connectivity index (χ0n) is 19.2. The van der Waals surface area contributed by atoms with Crippen LogP contribution in [-0.4, -0.2) is 35.6 Å². The Labute approximate surface area is 202 Å². The molecule has 1 amide bonds. The zero-order valence-corrected chi connectivity index (χ0v) is 20.8. The van der Waals surface area contributed by atoms with Crippen LogP contribution in [0.15, 0.2) is 71.6 Å². The van der Waals surface area contributed by atoms with E-state index in [0.717, 1.165) is 21.3 Å². The van der Waals surface area contributed by atoms with E-state index < -0.39 is 10.0 Å². The smallest absolute Gasteiger partial charge is 0.265 e. The van der Waals surface area contributed by atoms with Gasteiger partial charge in [0.15, 0.2) is 11.5 Å². The van der Waals surface area contributed by atoms with Crippen molar-refractivity contribution < 1.29 is 22.7 Å². The zero-order chi connectivity index (χ0) is 24.5. The van der Waals surface area contributed by atoms with Crippen molar-refractivity contribution in [3.8, 4) is 11.5 Å². The first kappa shape index (κ1) is 23.6. The maximum atomic E-state index is 13.3. The van der Waals surface area contributed by atoms with E-state index in [1.165, 1.54) is 49.0 Å². The number of carbonyl (C=O) groups is 1. The molecule has 0 bridgehead atoms. The number of amides is 1. The monoisotopic (exact) mass is 496 g/mol. The number of rotatable bonds is 7. The summed E-state index contributed by atoms with van der Waals surface area (Å²) in [4.78, 5) is 13.4.